The SMILES string of the molecule is COc1ccc(/C=N\NC(=O)c2cccc(Br)c2)cc1COc1ccc(C(=O)OCC(C)C)cc1. The predicted octanol–water partition coefficient (Wildman–Crippen LogP) is 5.61. The van der Waals surface area contributed by atoms with Crippen molar-refractivity contribution in [1.29, 1.82) is 0 Å². The molecule has 0 aliphatic heterocycles. The van der Waals surface area contributed by atoms with Crippen molar-refractivity contribution in [2.75, 3.05) is 13.7 Å². The number of ether oxygens (including phenoxy) is 3. The van der Waals surface area contributed by atoms with Gasteiger partial charge in [0.05, 0.1) is 25.5 Å². The Labute approximate surface area is 213 Å². The average molecular weight is 539 g/mol. The molecular formula is C27H27BrN2O5. The molecule has 0 bridgehead atoms. The number of rotatable bonds is 10. The van der Waals surface area contributed by atoms with Gasteiger partial charge in [-0.2, -0.15) is 5.10 Å². The molecule has 0 unspecified atom stereocenters. The highest BCUT2D eigenvalue weighted by Gasteiger charge is 2.10. The van der Waals surface area contributed by atoms with Crippen molar-refractivity contribution < 1.29 is 23.8 Å². The van der Waals surface area contributed by atoms with Crippen LogP contribution in [0.2, 0.25) is 0 Å². The van der Waals surface area contributed by atoms with Gasteiger partial charge in [0, 0.05) is 15.6 Å². The molecule has 0 atom stereocenters. The fourth-order valence-corrected chi connectivity index (χ4v) is 3.42. The smallest absolute Gasteiger partial charge is 0.338 e. The lowest BCUT2D eigenvalue weighted by Gasteiger charge is -2.12. The summed E-state index contributed by atoms with van der Waals surface area (Å²) < 4.78 is 17.4. The first kappa shape index (κ1) is 26.0. The fourth-order valence-electron chi connectivity index (χ4n) is 3.03. The van der Waals surface area contributed by atoms with E-state index in [1.165, 1.54) is 0 Å². The normalized spacial score (nSPS) is 10.9. The number of esters is 1. The van der Waals surface area contributed by atoms with E-state index in [2.05, 4.69) is 26.5 Å². The molecule has 0 aromatic heterocycles. The number of nitrogens with zero attached hydrogens (tertiary/aromatic N) is 1. The second-order valence-corrected chi connectivity index (χ2v) is 9.00. The molecule has 3 rings (SSSR count). The second-order valence-electron chi connectivity index (χ2n) is 8.09. The van der Waals surface area contributed by atoms with Crippen LogP contribution in [0.4, 0.5) is 0 Å². The number of halogens is 1. The highest BCUT2D eigenvalue weighted by atomic mass is 79.9. The molecule has 0 saturated carbocycles. The monoisotopic (exact) mass is 538 g/mol. The number of hydrazone groups is 1. The summed E-state index contributed by atoms with van der Waals surface area (Å²) in [6, 6.07) is 19.3. The van der Waals surface area contributed by atoms with Gasteiger partial charge < -0.3 is 14.2 Å². The number of hydrogen-bond acceptors (Lipinski definition) is 6. The van der Waals surface area contributed by atoms with Crippen molar-refractivity contribution in [1.82, 2.24) is 5.43 Å². The van der Waals surface area contributed by atoms with Gasteiger partial charge in [0.15, 0.2) is 0 Å². The van der Waals surface area contributed by atoms with Crippen molar-refractivity contribution >= 4 is 34.0 Å². The first-order valence-electron chi connectivity index (χ1n) is 11.0. The zero-order valence-electron chi connectivity index (χ0n) is 19.8. The largest absolute Gasteiger partial charge is 0.496 e. The van der Waals surface area contributed by atoms with Crippen LogP contribution in [0.1, 0.15) is 45.7 Å². The van der Waals surface area contributed by atoms with E-state index >= 15 is 0 Å². The highest BCUT2D eigenvalue weighted by molar-refractivity contribution is 9.10. The first-order valence-corrected chi connectivity index (χ1v) is 11.8. The third-order valence-electron chi connectivity index (χ3n) is 4.80. The summed E-state index contributed by atoms with van der Waals surface area (Å²) >= 11 is 3.35. The van der Waals surface area contributed by atoms with E-state index in [-0.39, 0.29) is 24.4 Å². The van der Waals surface area contributed by atoms with E-state index in [1.807, 2.05) is 38.1 Å². The molecule has 0 saturated heterocycles. The van der Waals surface area contributed by atoms with Crippen molar-refractivity contribution in [2.24, 2.45) is 11.0 Å². The molecule has 0 heterocycles. The van der Waals surface area contributed by atoms with Crippen LogP contribution in [-0.2, 0) is 11.3 Å². The van der Waals surface area contributed by atoms with Gasteiger partial charge >= 0.3 is 5.97 Å². The molecule has 0 aliphatic rings. The zero-order chi connectivity index (χ0) is 25.2. The molecule has 0 aliphatic carbocycles. The van der Waals surface area contributed by atoms with Crippen LogP contribution in [-0.4, -0.2) is 31.8 Å². The summed E-state index contributed by atoms with van der Waals surface area (Å²) in [6.07, 6.45) is 1.55. The Balaban J connectivity index is 1.61. The van der Waals surface area contributed by atoms with E-state index in [4.69, 9.17) is 14.2 Å². The minimum atomic E-state index is -0.356. The number of amides is 1. The lowest BCUT2D eigenvalue weighted by molar-refractivity contribution is 0.0459. The number of hydrogen-bond donors (Lipinski definition) is 1. The molecule has 1 N–H and O–H groups in total. The molecule has 35 heavy (non-hydrogen) atoms. The number of nitrogens with one attached hydrogen (secondary N) is 1. The summed E-state index contributed by atoms with van der Waals surface area (Å²) in [5.74, 6) is 0.879. The first-order chi connectivity index (χ1) is 16.9. The average Bonchev–Trinajstić information content (AvgIpc) is 2.86. The van der Waals surface area contributed by atoms with Crippen molar-refractivity contribution in [3.8, 4) is 11.5 Å². The van der Waals surface area contributed by atoms with E-state index in [1.54, 1.807) is 55.8 Å². The van der Waals surface area contributed by atoms with Gasteiger partial charge in [-0.05, 0) is 72.1 Å². The maximum Gasteiger partial charge on any atom is 0.338 e. The quantitative estimate of drug-likeness (QED) is 0.206. The van der Waals surface area contributed by atoms with Gasteiger partial charge in [0.2, 0.25) is 0 Å². The van der Waals surface area contributed by atoms with E-state index in [9.17, 15) is 9.59 Å². The summed E-state index contributed by atoms with van der Waals surface area (Å²) in [6.45, 7) is 4.59. The maximum atomic E-state index is 12.2. The van der Waals surface area contributed by atoms with Crippen LogP contribution >= 0.6 is 15.9 Å². The van der Waals surface area contributed by atoms with Crippen molar-refractivity contribution in [3.05, 3.63) is 93.5 Å². The predicted molar refractivity (Wildman–Crippen MR) is 138 cm³/mol. The van der Waals surface area contributed by atoms with Crippen LogP contribution in [0.15, 0.2) is 76.3 Å². The fraction of sp³-hybridized carbons (Fsp3) is 0.222. The molecule has 0 radical (unpaired) electrons. The summed E-state index contributed by atoms with van der Waals surface area (Å²) in [5.41, 5.74) is 5.06. The molecule has 3 aromatic carbocycles. The Morgan fingerprint density at radius 2 is 1.80 bits per heavy atom. The lowest BCUT2D eigenvalue weighted by Crippen LogP contribution is -2.17. The van der Waals surface area contributed by atoms with Gasteiger partial charge in [-0.1, -0.05) is 35.8 Å². The number of carbonyl (C=O) groups is 2. The summed E-state index contributed by atoms with van der Waals surface area (Å²) in [7, 11) is 1.59. The van der Waals surface area contributed by atoms with Gasteiger partial charge in [-0.3, -0.25) is 4.79 Å². The van der Waals surface area contributed by atoms with Crippen molar-refractivity contribution in [2.45, 2.75) is 20.5 Å². The molecule has 3 aromatic rings. The van der Waals surface area contributed by atoms with Crippen LogP contribution in [0.25, 0.3) is 0 Å². The number of carbonyl (C=O) groups excluding carboxylic acids is 2. The summed E-state index contributed by atoms with van der Waals surface area (Å²) in [4.78, 5) is 24.3. The van der Waals surface area contributed by atoms with E-state index in [0.29, 0.717) is 29.2 Å². The minimum absolute atomic E-state index is 0.242. The zero-order valence-corrected chi connectivity index (χ0v) is 21.4. The molecule has 8 heteroatoms. The third-order valence-corrected chi connectivity index (χ3v) is 5.30. The Morgan fingerprint density at radius 3 is 2.49 bits per heavy atom. The van der Waals surface area contributed by atoms with Crippen LogP contribution in [0.5, 0.6) is 11.5 Å². The lowest BCUT2D eigenvalue weighted by atomic mass is 10.1. The standard InChI is InChI=1S/C27H27BrN2O5/c1-18(2)16-35-27(32)20-8-10-24(11-9-20)34-17-22-13-19(7-12-25(22)33-3)15-29-30-26(31)21-5-4-6-23(28)14-21/h4-15,18H,16-17H2,1-3H3,(H,30,31)/b29-15-. The van der Waals surface area contributed by atoms with Gasteiger partial charge in [0.1, 0.15) is 18.1 Å². The molecule has 182 valence electrons. The van der Waals surface area contributed by atoms with Crippen LogP contribution < -0.4 is 14.9 Å². The Kier molecular flexibility index (Phi) is 9.43. The number of methoxy groups -OCH3 is 1. The maximum absolute atomic E-state index is 12.2. The molecule has 0 fully saturated rings. The van der Waals surface area contributed by atoms with Crippen molar-refractivity contribution in [3.63, 3.8) is 0 Å². The topological polar surface area (TPSA) is 86.2 Å². The Bertz CT molecular complexity index is 1190. The van der Waals surface area contributed by atoms with E-state index < -0.39 is 0 Å². The molecular weight excluding hydrogens is 512 g/mol. The van der Waals surface area contributed by atoms with Gasteiger partial charge in [-0.15, -0.1) is 0 Å². The van der Waals surface area contributed by atoms with Crippen LogP contribution in [0, 0.1) is 5.92 Å². The van der Waals surface area contributed by atoms with Gasteiger partial charge in [-0.25, -0.2) is 10.2 Å². The minimum Gasteiger partial charge on any atom is -0.496 e. The van der Waals surface area contributed by atoms with Gasteiger partial charge in [0.25, 0.3) is 5.91 Å². The highest BCUT2D eigenvalue weighted by Crippen LogP contribution is 2.22. The van der Waals surface area contributed by atoms with Crippen LogP contribution in [0.3, 0.4) is 0 Å². The summed E-state index contributed by atoms with van der Waals surface area (Å²) in [5, 5.41) is 4.05. The Morgan fingerprint density at radius 1 is 1.03 bits per heavy atom. The molecule has 0 spiro atoms. The second kappa shape index (κ2) is 12.7. The Hall–Kier alpha value is -3.65. The third kappa shape index (κ3) is 7.96. The molecule has 7 nitrogen and oxygen atoms in total. The number of benzene rings is 3. The van der Waals surface area contributed by atoms with E-state index in [0.717, 1.165) is 15.6 Å². The molecule has 1 amide bonds.